The second-order valence-corrected chi connectivity index (χ2v) is 5.66. The van der Waals surface area contributed by atoms with Gasteiger partial charge >= 0.3 is 5.97 Å². The Morgan fingerprint density at radius 3 is 2.29 bits per heavy atom. The summed E-state index contributed by atoms with van der Waals surface area (Å²) in [5, 5.41) is 9.10. The van der Waals surface area contributed by atoms with E-state index in [2.05, 4.69) is 27.7 Å². The van der Waals surface area contributed by atoms with Crippen molar-refractivity contribution < 1.29 is 9.90 Å². The molecule has 1 saturated carbocycles. The Balaban J connectivity index is 2.70. The lowest BCUT2D eigenvalue weighted by atomic mass is 9.63. The van der Waals surface area contributed by atoms with Crippen molar-refractivity contribution in [1.29, 1.82) is 0 Å². The molecule has 0 aromatic heterocycles. The number of aliphatic carboxylic acids is 1. The Kier molecular flexibility index (Phi) is 3.23. The van der Waals surface area contributed by atoms with Gasteiger partial charge in [0.2, 0.25) is 0 Å². The summed E-state index contributed by atoms with van der Waals surface area (Å²) in [6, 6.07) is 0. The van der Waals surface area contributed by atoms with Crippen LogP contribution in [0.15, 0.2) is 0 Å². The van der Waals surface area contributed by atoms with Crippen LogP contribution in [0.2, 0.25) is 0 Å². The highest BCUT2D eigenvalue weighted by Crippen LogP contribution is 2.45. The van der Waals surface area contributed by atoms with Crippen LogP contribution in [0.5, 0.6) is 0 Å². The standard InChI is InChI=1S/C12H22O2/c1-8(2)9-5-6-10(11(13)14)12(3,4)7-9/h8-10H,5-7H2,1-4H3,(H,13,14)/t9-,10+/m0/s1. The van der Waals surface area contributed by atoms with Crippen molar-refractivity contribution in [2.45, 2.75) is 47.0 Å². The summed E-state index contributed by atoms with van der Waals surface area (Å²) >= 11 is 0. The van der Waals surface area contributed by atoms with Gasteiger partial charge in [-0.05, 0) is 36.5 Å². The van der Waals surface area contributed by atoms with Crippen molar-refractivity contribution in [3.63, 3.8) is 0 Å². The second kappa shape index (κ2) is 3.92. The quantitative estimate of drug-likeness (QED) is 0.740. The smallest absolute Gasteiger partial charge is 0.307 e. The van der Waals surface area contributed by atoms with Crippen LogP contribution in [-0.4, -0.2) is 11.1 Å². The summed E-state index contributed by atoms with van der Waals surface area (Å²) < 4.78 is 0. The zero-order valence-corrected chi connectivity index (χ0v) is 9.71. The molecule has 1 fully saturated rings. The van der Waals surface area contributed by atoms with E-state index in [1.807, 2.05) is 0 Å². The molecule has 14 heavy (non-hydrogen) atoms. The molecule has 2 atom stereocenters. The van der Waals surface area contributed by atoms with Crippen molar-refractivity contribution in [3.8, 4) is 0 Å². The van der Waals surface area contributed by atoms with E-state index >= 15 is 0 Å². The third kappa shape index (κ3) is 2.28. The minimum absolute atomic E-state index is 0.0288. The van der Waals surface area contributed by atoms with E-state index in [9.17, 15) is 4.79 Å². The first-order chi connectivity index (χ1) is 6.34. The van der Waals surface area contributed by atoms with Crippen LogP contribution in [0.4, 0.5) is 0 Å². The van der Waals surface area contributed by atoms with Gasteiger partial charge in [-0.2, -0.15) is 0 Å². The number of hydrogen-bond acceptors (Lipinski definition) is 1. The normalized spacial score (nSPS) is 31.8. The van der Waals surface area contributed by atoms with Gasteiger partial charge in [-0.1, -0.05) is 27.7 Å². The average Bonchev–Trinajstić information content (AvgIpc) is 2.01. The van der Waals surface area contributed by atoms with Gasteiger partial charge in [0.25, 0.3) is 0 Å². The SMILES string of the molecule is CC(C)[C@H]1CC[C@H](C(=O)O)C(C)(C)C1. The highest BCUT2D eigenvalue weighted by molar-refractivity contribution is 5.71. The third-order valence-electron chi connectivity index (χ3n) is 3.80. The van der Waals surface area contributed by atoms with E-state index in [1.165, 1.54) is 0 Å². The average molecular weight is 198 g/mol. The fraction of sp³-hybridized carbons (Fsp3) is 0.917. The molecule has 0 bridgehead atoms. The summed E-state index contributed by atoms with van der Waals surface area (Å²) in [7, 11) is 0. The van der Waals surface area contributed by atoms with Crippen molar-refractivity contribution >= 4 is 5.97 Å². The maximum atomic E-state index is 11.0. The molecule has 0 amide bonds. The van der Waals surface area contributed by atoms with E-state index in [4.69, 9.17) is 5.11 Å². The van der Waals surface area contributed by atoms with Crippen LogP contribution >= 0.6 is 0 Å². The molecule has 82 valence electrons. The van der Waals surface area contributed by atoms with Gasteiger partial charge in [-0.25, -0.2) is 0 Å². The molecule has 0 aromatic rings. The van der Waals surface area contributed by atoms with Crippen molar-refractivity contribution in [1.82, 2.24) is 0 Å². The Labute approximate surface area is 86.7 Å². The predicted octanol–water partition coefficient (Wildman–Crippen LogP) is 3.17. The lowest BCUT2D eigenvalue weighted by molar-refractivity contribution is -0.148. The largest absolute Gasteiger partial charge is 0.481 e. The summed E-state index contributed by atoms with van der Waals surface area (Å²) in [6.07, 6.45) is 2.99. The Morgan fingerprint density at radius 2 is 1.93 bits per heavy atom. The van der Waals surface area contributed by atoms with Gasteiger partial charge in [0.05, 0.1) is 5.92 Å². The van der Waals surface area contributed by atoms with Gasteiger partial charge in [-0.3, -0.25) is 4.79 Å². The topological polar surface area (TPSA) is 37.3 Å². The number of rotatable bonds is 2. The van der Waals surface area contributed by atoms with Gasteiger partial charge in [-0.15, -0.1) is 0 Å². The number of carboxylic acids is 1. The lowest BCUT2D eigenvalue weighted by Crippen LogP contribution is -2.38. The highest BCUT2D eigenvalue weighted by Gasteiger charge is 2.41. The molecule has 1 aliphatic rings. The van der Waals surface area contributed by atoms with E-state index in [0.29, 0.717) is 11.8 Å². The van der Waals surface area contributed by atoms with Gasteiger partial charge in [0.15, 0.2) is 0 Å². The lowest BCUT2D eigenvalue weighted by Gasteiger charge is -2.41. The molecule has 0 saturated heterocycles. The first-order valence-corrected chi connectivity index (χ1v) is 5.57. The molecule has 0 aromatic carbocycles. The van der Waals surface area contributed by atoms with E-state index < -0.39 is 5.97 Å². The van der Waals surface area contributed by atoms with E-state index in [-0.39, 0.29) is 11.3 Å². The molecule has 1 rings (SSSR count). The van der Waals surface area contributed by atoms with E-state index in [1.54, 1.807) is 0 Å². The first-order valence-electron chi connectivity index (χ1n) is 5.57. The summed E-state index contributed by atoms with van der Waals surface area (Å²) in [5.74, 6) is 0.638. The molecule has 1 N–H and O–H groups in total. The van der Waals surface area contributed by atoms with Crippen molar-refractivity contribution in [2.75, 3.05) is 0 Å². The van der Waals surface area contributed by atoms with Gasteiger partial charge in [0, 0.05) is 0 Å². The third-order valence-corrected chi connectivity index (χ3v) is 3.80. The fourth-order valence-electron chi connectivity index (χ4n) is 2.72. The molecule has 0 spiro atoms. The summed E-state index contributed by atoms with van der Waals surface area (Å²) in [5.41, 5.74) is -0.0288. The molecule has 0 unspecified atom stereocenters. The van der Waals surface area contributed by atoms with Gasteiger partial charge in [0.1, 0.15) is 0 Å². The summed E-state index contributed by atoms with van der Waals surface area (Å²) in [4.78, 5) is 11.0. The molecule has 2 nitrogen and oxygen atoms in total. The second-order valence-electron chi connectivity index (χ2n) is 5.66. The number of carboxylic acid groups (broad SMARTS) is 1. The van der Waals surface area contributed by atoms with Gasteiger partial charge < -0.3 is 5.11 Å². The molecular weight excluding hydrogens is 176 g/mol. The zero-order chi connectivity index (χ0) is 10.9. The number of hydrogen-bond donors (Lipinski definition) is 1. The monoisotopic (exact) mass is 198 g/mol. The zero-order valence-electron chi connectivity index (χ0n) is 9.71. The Bertz CT molecular complexity index is 218. The molecule has 0 heterocycles. The molecule has 1 aliphatic carbocycles. The van der Waals surface area contributed by atoms with E-state index in [0.717, 1.165) is 19.3 Å². The Hall–Kier alpha value is -0.530. The van der Waals surface area contributed by atoms with Crippen molar-refractivity contribution in [2.24, 2.45) is 23.2 Å². The highest BCUT2D eigenvalue weighted by atomic mass is 16.4. The van der Waals surface area contributed by atoms with Crippen LogP contribution in [0, 0.1) is 23.2 Å². The maximum Gasteiger partial charge on any atom is 0.307 e. The molecule has 0 aliphatic heterocycles. The fourth-order valence-corrected chi connectivity index (χ4v) is 2.72. The predicted molar refractivity (Wildman–Crippen MR) is 57.1 cm³/mol. The Morgan fingerprint density at radius 1 is 1.36 bits per heavy atom. The van der Waals surface area contributed by atoms with Crippen LogP contribution < -0.4 is 0 Å². The van der Waals surface area contributed by atoms with Crippen LogP contribution in [0.3, 0.4) is 0 Å². The minimum atomic E-state index is -0.614. The minimum Gasteiger partial charge on any atom is -0.481 e. The van der Waals surface area contributed by atoms with Crippen LogP contribution in [-0.2, 0) is 4.79 Å². The molecule has 2 heteroatoms. The van der Waals surface area contributed by atoms with Crippen molar-refractivity contribution in [3.05, 3.63) is 0 Å². The molecule has 0 radical (unpaired) electrons. The summed E-state index contributed by atoms with van der Waals surface area (Å²) in [6.45, 7) is 8.67. The maximum absolute atomic E-state index is 11.0. The number of carbonyl (C=O) groups is 1. The van der Waals surface area contributed by atoms with Crippen LogP contribution in [0.25, 0.3) is 0 Å². The first kappa shape index (κ1) is 11.5. The molecular formula is C12H22O2. The van der Waals surface area contributed by atoms with Crippen LogP contribution in [0.1, 0.15) is 47.0 Å².